The first kappa shape index (κ1) is 23.2. The number of carbonyl (C=O) groups is 1. The first-order chi connectivity index (χ1) is 15.1. The van der Waals surface area contributed by atoms with Crippen LogP contribution in [0.25, 0.3) is 6.08 Å². The fraction of sp³-hybridized carbons (Fsp3) is 0.0455. The van der Waals surface area contributed by atoms with E-state index in [1.807, 2.05) is 0 Å². The molecule has 32 heavy (non-hydrogen) atoms. The molecular weight excluding hydrogens is 588 g/mol. The van der Waals surface area contributed by atoms with Crippen molar-refractivity contribution in [1.82, 2.24) is 0 Å². The number of carbonyl (C=O) groups excluding carboxylic acids is 1. The Morgan fingerprint density at radius 1 is 1.00 bits per heavy atom. The SMILES string of the molecule is O=C1Nc2cc(S(=O)(=O)Cc3c(Br)cccc3Br)ccc2S/C1=C/c1ccc(F)cc1F. The molecule has 1 N–H and O–H groups in total. The second-order valence-corrected chi connectivity index (χ2v) is 11.6. The molecule has 1 aliphatic heterocycles. The van der Waals surface area contributed by atoms with Gasteiger partial charge in [-0.15, -0.1) is 0 Å². The molecule has 0 radical (unpaired) electrons. The molecule has 164 valence electrons. The lowest BCUT2D eigenvalue weighted by atomic mass is 10.2. The molecule has 0 unspecified atom stereocenters. The summed E-state index contributed by atoms with van der Waals surface area (Å²) in [5.41, 5.74) is 1.02. The van der Waals surface area contributed by atoms with Gasteiger partial charge in [-0.3, -0.25) is 4.79 Å². The van der Waals surface area contributed by atoms with Crippen LogP contribution in [0.2, 0.25) is 0 Å². The normalized spacial score (nSPS) is 14.9. The maximum absolute atomic E-state index is 13.9. The van der Waals surface area contributed by atoms with Crippen LogP contribution >= 0.6 is 43.6 Å². The standard InChI is InChI=1S/C22H13Br2F2NO3S2/c23-16-2-1-3-17(24)15(16)11-32(29,30)14-6-7-20-19(10-14)27-22(28)21(31-20)8-12-4-5-13(25)9-18(12)26/h1-10H,11H2,(H,27,28)/b21-8+. The van der Waals surface area contributed by atoms with Gasteiger partial charge in [0.15, 0.2) is 9.84 Å². The molecule has 0 aromatic heterocycles. The number of nitrogens with one attached hydrogen (secondary N) is 1. The van der Waals surface area contributed by atoms with Crippen molar-refractivity contribution in [3.63, 3.8) is 0 Å². The fourth-order valence-electron chi connectivity index (χ4n) is 3.04. The highest BCUT2D eigenvalue weighted by atomic mass is 79.9. The van der Waals surface area contributed by atoms with Crippen molar-refractivity contribution in [2.75, 3.05) is 5.32 Å². The van der Waals surface area contributed by atoms with E-state index in [2.05, 4.69) is 37.2 Å². The molecule has 1 amide bonds. The molecule has 0 spiro atoms. The molecule has 0 saturated carbocycles. The summed E-state index contributed by atoms with van der Waals surface area (Å²) in [5, 5.41) is 2.65. The Morgan fingerprint density at radius 2 is 1.72 bits per heavy atom. The molecule has 0 fully saturated rings. The second-order valence-electron chi connectivity index (χ2n) is 6.85. The minimum Gasteiger partial charge on any atom is -0.320 e. The van der Waals surface area contributed by atoms with E-state index in [1.165, 1.54) is 24.3 Å². The molecule has 0 aliphatic carbocycles. The van der Waals surface area contributed by atoms with Crippen molar-refractivity contribution in [3.05, 3.63) is 91.2 Å². The van der Waals surface area contributed by atoms with Crippen LogP contribution in [0.4, 0.5) is 14.5 Å². The van der Waals surface area contributed by atoms with Crippen molar-refractivity contribution >= 4 is 71.1 Å². The summed E-state index contributed by atoms with van der Waals surface area (Å²) in [6.45, 7) is 0. The minimum atomic E-state index is -3.70. The van der Waals surface area contributed by atoms with Gasteiger partial charge in [-0.25, -0.2) is 17.2 Å². The predicted octanol–water partition coefficient (Wildman–Crippen LogP) is 6.55. The molecule has 4 nitrogen and oxygen atoms in total. The first-order valence-electron chi connectivity index (χ1n) is 9.10. The average molecular weight is 601 g/mol. The summed E-state index contributed by atoms with van der Waals surface area (Å²) >= 11 is 7.83. The fourth-order valence-corrected chi connectivity index (χ4v) is 7.04. The van der Waals surface area contributed by atoms with E-state index in [9.17, 15) is 22.0 Å². The number of benzene rings is 3. The highest BCUT2D eigenvalue weighted by Gasteiger charge is 2.25. The van der Waals surface area contributed by atoms with Gasteiger partial charge in [0.1, 0.15) is 11.6 Å². The number of amides is 1. The molecule has 1 heterocycles. The Morgan fingerprint density at radius 3 is 2.41 bits per heavy atom. The lowest BCUT2D eigenvalue weighted by molar-refractivity contribution is -0.112. The van der Waals surface area contributed by atoms with E-state index < -0.39 is 27.4 Å². The van der Waals surface area contributed by atoms with E-state index in [4.69, 9.17) is 0 Å². The van der Waals surface area contributed by atoms with E-state index in [0.717, 1.165) is 23.9 Å². The van der Waals surface area contributed by atoms with Crippen molar-refractivity contribution < 1.29 is 22.0 Å². The zero-order valence-corrected chi connectivity index (χ0v) is 20.8. The first-order valence-corrected chi connectivity index (χ1v) is 13.2. The highest BCUT2D eigenvalue weighted by molar-refractivity contribution is 9.11. The summed E-state index contributed by atoms with van der Waals surface area (Å²) in [4.78, 5) is 13.4. The molecule has 0 bridgehead atoms. The third-order valence-electron chi connectivity index (χ3n) is 4.65. The number of fused-ring (bicyclic) bond motifs is 1. The van der Waals surface area contributed by atoms with Crippen LogP contribution in [0.5, 0.6) is 0 Å². The van der Waals surface area contributed by atoms with Gasteiger partial charge in [-0.05, 0) is 54.1 Å². The van der Waals surface area contributed by atoms with E-state index in [-0.39, 0.29) is 21.1 Å². The number of anilines is 1. The lowest BCUT2D eigenvalue weighted by Gasteiger charge is -2.20. The second kappa shape index (κ2) is 9.09. The summed E-state index contributed by atoms with van der Waals surface area (Å²) in [6.07, 6.45) is 1.33. The Bertz CT molecular complexity index is 1370. The number of halogens is 4. The van der Waals surface area contributed by atoms with Gasteiger partial charge >= 0.3 is 0 Å². The van der Waals surface area contributed by atoms with Crippen LogP contribution in [0, 0.1) is 11.6 Å². The third kappa shape index (κ3) is 4.83. The molecule has 3 aromatic carbocycles. The Labute approximate surface area is 204 Å². The van der Waals surface area contributed by atoms with Gasteiger partial charge in [0.25, 0.3) is 5.91 Å². The number of sulfone groups is 1. The number of hydrogen-bond donors (Lipinski definition) is 1. The van der Waals surface area contributed by atoms with Gasteiger partial charge in [-0.2, -0.15) is 0 Å². The number of rotatable bonds is 4. The summed E-state index contributed by atoms with van der Waals surface area (Å²) in [5.74, 6) is -2.23. The zero-order valence-electron chi connectivity index (χ0n) is 16.0. The molecule has 4 rings (SSSR count). The Balaban J connectivity index is 1.63. The summed E-state index contributed by atoms with van der Waals surface area (Å²) in [7, 11) is -3.70. The van der Waals surface area contributed by atoms with E-state index >= 15 is 0 Å². The highest BCUT2D eigenvalue weighted by Crippen LogP contribution is 2.40. The van der Waals surface area contributed by atoms with Crippen LogP contribution in [-0.4, -0.2) is 14.3 Å². The molecule has 3 aromatic rings. The van der Waals surface area contributed by atoms with Crippen LogP contribution in [0.1, 0.15) is 11.1 Å². The van der Waals surface area contributed by atoms with Gasteiger partial charge < -0.3 is 5.32 Å². The molecule has 1 aliphatic rings. The smallest absolute Gasteiger partial charge is 0.262 e. The maximum atomic E-state index is 13.9. The number of hydrogen-bond acceptors (Lipinski definition) is 4. The van der Waals surface area contributed by atoms with Crippen LogP contribution in [-0.2, 0) is 20.4 Å². The van der Waals surface area contributed by atoms with Crippen molar-refractivity contribution in [1.29, 1.82) is 0 Å². The zero-order chi connectivity index (χ0) is 23.0. The predicted molar refractivity (Wildman–Crippen MR) is 128 cm³/mol. The third-order valence-corrected chi connectivity index (χ3v) is 8.87. The molecular formula is C22H13Br2F2NO3S2. The van der Waals surface area contributed by atoms with Crippen LogP contribution in [0.3, 0.4) is 0 Å². The topological polar surface area (TPSA) is 63.2 Å². The minimum absolute atomic E-state index is 0.0665. The summed E-state index contributed by atoms with van der Waals surface area (Å²) in [6, 6.07) is 12.9. The Hall–Kier alpha value is -2.01. The number of thioether (sulfide) groups is 1. The van der Waals surface area contributed by atoms with Crippen molar-refractivity contribution in [2.24, 2.45) is 0 Å². The van der Waals surface area contributed by atoms with E-state index in [0.29, 0.717) is 25.1 Å². The van der Waals surface area contributed by atoms with Gasteiger partial charge in [0.2, 0.25) is 0 Å². The van der Waals surface area contributed by atoms with Crippen LogP contribution < -0.4 is 5.32 Å². The maximum Gasteiger partial charge on any atom is 0.262 e. The monoisotopic (exact) mass is 599 g/mol. The van der Waals surface area contributed by atoms with Gasteiger partial charge in [-0.1, -0.05) is 49.7 Å². The van der Waals surface area contributed by atoms with Gasteiger partial charge in [0.05, 0.1) is 21.2 Å². The largest absolute Gasteiger partial charge is 0.320 e. The molecule has 0 saturated heterocycles. The van der Waals surface area contributed by atoms with Crippen LogP contribution in [0.15, 0.2) is 78.2 Å². The van der Waals surface area contributed by atoms with E-state index in [1.54, 1.807) is 24.3 Å². The lowest BCUT2D eigenvalue weighted by Crippen LogP contribution is -2.18. The average Bonchev–Trinajstić information content (AvgIpc) is 2.73. The van der Waals surface area contributed by atoms with Crippen molar-refractivity contribution in [2.45, 2.75) is 15.5 Å². The summed E-state index contributed by atoms with van der Waals surface area (Å²) < 4.78 is 54.4. The molecule has 10 heteroatoms. The van der Waals surface area contributed by atoms with Gasteiger partial charge in [0, 0.05) is 25.5 Å². The van der Waals surface area contributed by atoms with Crippen molar-refractivity contribution in [3.8, 4) is 0 Å². The Kier molecular flexibility index (Phi) is 6.58. The molecule has 0 atom stereocenters. The quantitative estimate of drug-likeness (QED) is 0.345.